The monoisotopic (exact) mass is 417 g/mol. The highest BCUT2D eigenvalue weighted by atomic mass is 32.2. The normalized spacial score (nSPS) is 15.0. The van der Waals surface area contributed by atoms with Gasteiger partial charge in [-0.2, -0.15) is 0 Å². The first-order valence-electron chi connectivity index (χ1n) is 9.03. The zero-order valence-electron chi connectivity index (χ0n) is 15.7. The molecule has 2 aliphatic rings. The minimum atomic E-state index is -3.35. The zero-order valence-corrected chi connectivity index (χ0v) is 16.5. The maximum absolute atomic E-state index is 12.4. The molecule has 0 saturated carbocycles. The Hall–Kier alpha value is -3.07. The van der Waals surface area contributed by atoms with Crippen LogP contribution >= 0.6 is 0 Å². The lowest BCUT2D eigenvalue weighted by Crippen LogP contribution is -2.27. The van der Waals surface area contributed by atoms with Gasteiger partial charge in [-0.05, 0) is 48.4 Å². The van der Waals surface area contributed by atoms with E-state index in [1.807, 2.05) is 0 Å². The Bertz CT molecular complexity index is 1090. The van der Waals surface area contributed by atoms with Gasteiger partial charge in [0.05, 0.1) is 17.5 Å². The number of hydrogen-bond acceptors (Lipinski definition) is 7. The molecule has 0 atom stereocenters. The summed E-state index contributed by atoms with van der Waals surface area (Å²) in [4.78, 5) is 24.7. The first-order valence-corrected chi connectivity index (χ1v) is 10.9. The summed E-state index contributed by atoms with van der Waals surface area (Å²) < 4.78 is 40.9. The van der Waals surface area contributed by atoms with Gasteiger partial charge >= 0.3 is 5.97 Å². The van der Waals surface area contributed by atoms with Crippen LogP contribution in [0.25, 0.3) is 0 Å². The molecule has 0 N–H and O–H groups in total. The number of esters is 1. The van der Waals surface area contributed by atoms with Crippen molar-refractivity contribution < 1.29 is 32.2 Å². The average molecular weight is 417 g/mol. The standard InChI is InChI=1S/C20H19NO7S/c1-29(24,25)21-7-6-13-10-15(2-4-16(13)21)20(23)28-12-17(22)14-3-5-18-19(11-14)27-9-8-26-18/h2-5,10-11H,6-9,12H2,1H3. The second kappa shape index (κ2) is 7.40. The number of carbonyl (C=O) groups is 2. The maximum Gasteiger partial charge on any atom is 0.338 e. The fourth-order valence-corrected chi connectivity index (χ4v) is 4.32. The zero-order chi connectivity index (χ0) is 20.6. The van der Waals surface area contributed by atoms with Gasteiger partial charge in [-0.3, -0.25) is 9.10 Å². The van der Waals surface area contributed by atoms with Crippen molar-refractivity contribution in [2.45, 2.75) is 6.42 Å². The molecule has 29 heavy (non-hydrogen) atoms. The molecule has 0 unspecified atom stereocenters. The van der Waals surface area contributed by atoms with E-state index in [9.17, 15) is 18.0 Å². The van der Waals surface area contributed by atoms with Crippen molar-refractivity contribution in [3.8, 4) is 11.5 Å². The number of rotatable bonds is 5. The van der Waals surface area contributed by atoms with Gasteiger partial charge < -0.3 is 14.2 Å². The third-order valence-corrected chi connectivity index (χ3v) is 5.95. The van der Waals surface area contributed by atoms with Gasteiger partial charge in [0.1, 0.15) is 13.2 Å². The second-order valence-electron chi connectivity index (χ2n) is 6.79. The van der Waals surface area contributed by atoms with Crippen molar-refractivity contribution in [1.82, 2.24) is 0 Å². The fourth-order valence-electron chi connectivity index (χ4n) is 3.36. The maximum atomic E-state index is 12.4. The van der Waals surface area contributed by atoms with Crippen LogP contribution in [0.15, 0.2) is 36.4 Å². The van der Waals surface area contributed by atoms with Gasteiger partial charge in [-0.1, -0.05) is 0 Å². The molecule has 2 aromatic rings. The van der Waals surface area contributed by atoms with Gasteiger partial charge in [-0.25, -0.2) is 13.2 Å². The number of carbonyl (C=O) groups excluding carboxylic acids is 2. The SMILES string of the molecule is CS(=O)(=O)N1CCc2cc(C(=O)OCC(=O)c3ccc4c(c3)OCCO4)ccc21. The van der Waals surface area contributed by atoms with Gasteiger partial charge in [0.25, 0.3) is 0 Å². The number of anilines is 1. The number of nitrogens with zero attached hydrogens (tertiary/aromatic N) is 1. The lowest BCUT2D eigenvalue weighted by molar-refractivity contribution is 0.0474. The lowest BCUT2D eigenvalue weighted by Gasteiger charge is -2.18. The summed E-state index contributed by atoms with van der Waals surface area (Å²) in [7, 11) is -3.35. The molecule has 8 nitrogen and oxygen atoms in total. The Kier molecular flexibility index (Phi) is 4.91. The molecule has 0 fully saturated rings. The van der Waals surface area contributed by atoms with Crippen LogP contribution in [0.2, 0.25) is 0 Å². The van der Waals surface area contributed by atoms with Crippen LogP contribution in [0.1, 0.15) is 26.3 Å². The van der Waals surface area contributed by atoms with Gasteiger partial charge in [-0.15, -0.1) is 0 Å². The molecule has 0 bridgehead atoms. The Morgan fingerprint density at radius 1 is 1.03 bits per heavy atom. The molecule has 4 rings (SSSR count). The number of fused-ring (bicyclic) bond motifs is 2. The summed E-state index contributed by atoms with van der Waals surface area (Å²) in [5.41, 5.74) is 1.95. The van der Waals surface area contributed by atoms with E-state index < -0.39 is 22.6 Å². The van der Waals surface area contributed by atoms with Gasteiger partial charge in [0.15, 0.2) is 23.9 Å². The number of Topliss-reactive ketones (excluding diaryl/α,β-unsaturated/α-hetero) is 1. The van der Waals surface area contributed by atoms with E-state index in [-0.39, 0.29) is 11.3 Å². The molecule has 0 saturated heterocycles. The van der Waals surface area contributed by atoms with Crippen molar-refractivity contribution in [1.29, 1.82) is 0 Å². The molecule has 2 aliphatic heterocycles. The Labute approximate surface area is 168 Å². The fraction of sp³-hybridized carbons (Fsp3) is 0.300. The number of ketones is 1. The highest BCUT2D eigenvalue weighted by Gasteiger charge is 2.27. The van der Waals surface area contributed by atoms with E-state index in [1.54, 1.807) is 30.3 Å². The molecule has 0 spiro atoms. The summed E-state index contributed by atoms with van der Waals surface area (Å²) in [5, 5.41) is 0. The molecule has 2 aromatic carbocycles. The third kappa shape index (κ3) is 3.91. The van der Waals surface area contributed by atoms with E-state index in [0.29, 0.717) is 48.9 Å². The Morgan fingerprint density at radius 3 is 2.52 bits per heavy atom. The molecule has 0 aliphatic carbocycles. The van der Waals surface area contributed by atoms with Crippen LogP contribution in [-0.4, -0.2) is 52.8 Å². The highest BCUT2D eigenvalue weighted by Crippen LogP contribution is 2.32. The average Bonchev–Trinajstić information content (AvgIpc) is 3.15. The van der Waals surface area contributed by atoms with Crippen LogP contribution in [-0.2, 0) is 21.2 Å². The summed E-state index contributed by atoms with van der Waals surface area (Å²) in [5.74, 6) is 0.0600. The highest BCUT2D eigenvalue weighted by molar-refractivity contribution is 7.92. The molecule has 0 radical (unpaired) electrons. The molecular weight excluding hydrogens is 398 g/mol. The molecule has 0 amide bonds. The number of benzene rings is 2. The van der Waals surface area contributed by atoms with E-state index in [4.69, 9.17) is 14.2 Å². The summed E-state index contributed by atoms with van der Waals surface area (Å²) in [6, 6.07) is 9.51. The van der Waals surface area contributed by atoms with Crippen molar-refractivity contribution >= 4 is 27.5 Å². The largest absolute Gasteiger partial charge is 0.486 e. The van der Waals surface area contributed by atoms with Crippen LogP contribution in [0.4, 0.5) is 5.69 Å². The number of ether oxygens (including phenoxy) is 3. The summed E-state index contributed by atoms with van der Waals surface area (Å²) in [6.07, 6.45) is 1.66. The molecular formula is C20H19NO7S. The van der Waals surface area contributed by atoms with Crippen molar-refractivity contribution in [3.05, 3.63) is 53.1 Å². The topological polar surface area (TPSA) is 99.2 Å². The number of hydrogen-bond donors (Lipinski definition) is 0. The molecule has 0 aromatic heterocycles. The predicted molar refractivity (Wildman–Crippen MR) is 104 cm³/mol. The third-order valence-electron chi connectivity index (χ3n) is 4.77. The summed E-state index contributed by atoms with van der Waals surface area (Å²) >= 11 is 0. The van der Waals surface area contributed by atoms with Crippen molar-refractivity contribution in [2.75, 3.05) is 36.9 Å². The van der Waals surface area contributed by atoms with Crippen LogP contribution < -0.4 is 13.8 Å². The molecule has 9 heteroatoms. The van der Waals surface area contributed by atoms with Crippen LogP contribution in [0, 0.1) is 0 Å². The van der Waals surface area contributed by atoms with Crippen LogP contribution in [0.3, 0.4) is 0 Å². The smallest absolute Gasteiger partial charge is 0.338 e. The van der Waals surface area contributed by atoms with E-state index in [0.717, 1.165) is 11.8 Å². The van der Waals surface area contributed by atoms with Crippen molar-refractivity contribution in [3.63, 3.8) is 0 Å². The van der Waals surface area contributed by atoms with Gasteiger partial charge in [0, 0.05) is 12.1 Å². The lowest BCUT2D eigenvalue weighted by atomic mass is 10.1. The predicted octanol–water partition coefficient (Wildman–Crippen LogP) is 1.82. The Morgan fingerprint density at radius 2 is 1.76 bits per heavy atom. The van der Waals surface area contributed by atoms with E-state index in [1.165, 1.54) is 10.4 Å². The molecule has 152 valence electrons. The first-order chi connectivity index (χ1) is 13.8. The van der Waals surface area contributed by atoms with Gasteiger partial charge in [0.2, 0.25) is 10.0 Å². The Balaban J connectivity index is 1.42. The summed E-state index contributed by atoms with van der Waals surface area (Å²) in [6.45, 7) is 0.801. The first kappa shape index (κ1) is 19.3. The van der Waals surface area contributed by atoms with Crippen molar-refractivity contribution in [2.24, 2.45) is 0 Å². The number of sulfonamides is 1. The van der Waals surface area contributed by atoms with E-state index in [2.05, 4.69) is 0 Å². The quantitative estimate of drug-likeness (QED) is 0.540. The minimum Gasteiger partial charge on any atom is -0.486 e. The molecule has 2 heterocycles. The second-order valence-corrected chi connectivity index (χ2v) is 8.69. The van der Waals surface area contributed by atoms with Crippen LogP contribution in [0.5, 0.6) is 11.5 Å². The minimum absolute atomic E-state index is 0.272. The van der Waals surface area contributed by atoms with E-state index >= 15 is 0 Å².